The van der Waals surface area contributed by atoms with Gasteiger partial charge in [-0.2, -0.15) is 0 Å². The fraction of sp³-hybridized carbons (Fsp3) is 0.920. The van der Waals surface area contributed by atoms with Crippen molar-refractivity contribution >= 4 is 7.60 Å². The molecule has 0 aliphatic heterocycles. The van der Waals surface area contributed by atoms with Gasteiger partial charge >= 0.3 is 7.60 Å². The molecular formula is C25H53NO3P+. The van der Waals surface area contributed by atoms with E-state index < -0.39 is 7.60 Å². The summed E-state index contributed by atoms with van der Waals surface area (Å²) in [7, 11) is 2.27. The number of unbranched alkanes of at least 4 members (excludes halogenated alkanes) is 13. The highest BCUT2D eigenvalue weighted by Gasteiger charge is 2.41. The number of hydrogen-bond acceptors (Lipinski definition) is 2. The van der Waals surface area contributed by atoms with Crippen molar-refractivity contribution in [3.05, 3.63) is 12.2 Å². The fourth-order valence-electron chi connectivity index (χ4n) is 4.02. The van der Waals surface area contributed by atoms with E-state index in [1.165, 1.54) is 77.0 Å². The molecule has 0 aliphatic rings. The van der Waals surface area contributed by atoms with Crippen LogP contribution in [0.2, 0.25) is 0 Å². The van der Waals surface area contributed by atoms with Crippen LogP contribution < -0.4 is 0 Å². The van der Waals surface area contributed by atoms with E-state index in [4.69, 9.17) is 4.52 Å². The Hall–Kier alpha value is -0.150. The van der Waals surface area contributed by atoms with Gasteiger partial charge in [-0.15, -0.1) is 0 Å². The molecule has 0 aromatic carbocycles. The molecule has 30 heavy (non-hydrogen) atoms. The Bertz CT molecular complexity index is 460. The van der Waals surface area contributed by atoms with Crippen molar-refractivity contribution in [2.24, 2.45) is 0 Å². The zero-order valence-corrected chi connectivity index (χ0v) is 21.8. The molecule has 0 radical (unpaired) electrons. The third-order valence-corrected chi connectivity index (χ3v) is 8.18. The van der Waals surface area contributed by atoms with Crippen molar-refractivity contribution in [3.63, 3.8) is 0 Å². The molecule has 0 spiro atoms. The minimum Gasteiger partial charge on any atom is -0.320 e. The lowest BCUT2D eigenvalue weighted by Gasteiger charge is -2.35. The van der Waals surface area contributed by atoms with Crippen LogP contribution in [-0.4, -0.2) is 42.9 Å². The maximum Gasteiger partial charge on any atom is 0.385 e. The van der Waals surface area contributed by atoms with Gasteiger partial charge in [0.1, 0.15) is 0 Å². The maximum absolute atomic E-state index is 12.5. The van der Waals surface area contributed by atoms with E-state index in [1.807, 2.05) is 28.1 Å². The quantitative estimate of drug-likeness (QED) is 0.0839. The van der Waals surface area contributed by atoms with E-state index in [0.29, 0.717) is 17.5 Å². The van der Waals surface area contributed by atoms with Crippen molar-refractivity contribution in [1.29, 1.82) is 0 Å². The van der Waals surface area contributed by atoms with Crippen LogP contribution in [0.3, 0.4) is 0 Å². The van der Waals surface area contributed by atoms with Crippen LogP contribution in [-0.2, 0) is 9.09 Å². The van der Waals surface area contributed by atoms with Crippen molar-refractivity contribution in [1.82, 2.24) is 0 Å². The molecule has 0 saturated heterocycles. The van der Waals surface area contributed by atoms with Crippen LogP contribution in [0.1, 0.15) is 117 Å². The fourth-order valence-corrected chi connectivity index (χ4v) is 5.92. The Kier molecular flexibility index (Phi) is 18.3. The van der Waals surface area contributed by atoms with Crippen LogP contribution in [0.25, 0.3) is 0 Å². The van der Waals surface area contributed by atoms with Gasteiger partial charge in [0.05, 0.1) is 27.7 Å². The van der Waals surface area contributed by atoms with Gasteiger partial charge in [-0.25, -0.2) is 0 Å². The second-order valence-corrected chi connectivity index (χ2v) is 11.7. The molecule has 0 heterocycles. The summed E-state index contributed by atoms with van der Waals surface area (Å²) in [4.78, 5) is 10.2. The Morgan fingerprint density at radius 3 is 1.63 bits per heavy atom. The summed E-state index contributed by atoms with van der Waals surface area (Å²) in [5.41, 5.74) is 0. The van der Waals surface area contributed by atoms with E-state index in [9.17, 15) is 9.46 Å². The zero-order valence-electron chi connectivity index (χ0n) is 20.9. The Morgan fingerprint density at radius 1 is 0.767 bits per heavy atom. The summed E-state index contributed by atoms with van der Waals surface area (Å²) in [5.74, 6) is -0.358. The smallest absolute Gasteiger partial charge is 0.320 e. The number of allylic oxidation sites excluding steroid dienone is 2. The minimum absolute atomic E-state index is 0.358. The molecule has 0 aromatic heterocycles. The van der Waals surface area contributed by atoms with E-state index in [-0.39, 0.29) is 5.78 Å². The second kappa shape index (κ2) is 18.4. The first-order valence-electron chi connectivity index (χ1n) is 12.7. The van der Waals surface area contributed by atoms with Crippen LogP contribution in [0, 0.1) is 0 Å². The van der Waals surface area contributed by atoms with E-state index in [1.54, 1.807) is 0 Å². The van der Waals surface area contributed by atoms with Gasteiger partial charge in [0.15, 0.2) is 5.78 Å². The highest BCUT2D eigenvalue weighted by atomic mass is 31.2. The Labute approximate surface area is 188 Å². The predicted octanol–water partition coefficient (Wildman–Crippen LogP) is 8.06. The molecule has 0 amide bonds. The molecular weight excluding hydrogens is 393 g/mol. The first-order chi connectivity index (χ1) is 14.3. The second-order valence-electron chi connectivity index (χ2n) is 9.69. The zero-order chi connectivity index (χ0) is 22.7. The number of quaternary nitrogens is 1. The lowest BCUT2D eigenvalue weighted by Crippen LogP contribution is -2.44. The van der Waals surface area contributed by atoms with E-state index in [2.05, 4.69) is 19.1 Å². The van der Waals surface area contributed by atoms with Crippen LogP contribution >= 0.6 is 7.60 Å². The molecule has 1 N–H and O–H groups in total. The van der Waals surface area contributed by atoms with Gasteiger partial charge in [-0.1, -0.05) is 90.2 Å². The van der Waals surface area contributed by atoms with Gasteiger partial charge in [-0.3, -0.25) is 4.57 Å². The molecule has 0 aromatic rings. The molecule has 180 valence electrons. The SMILES string of the molecule is CCCCCCCCCCCCC/C=C\CCCCOP(=O)(O)C(CC)[N+](C)(C)C. The molecule has 0 saturated carbocycles. The largest absolute Gasteiger partial charge is 0.385 e. The van der Waals surface area contributed by atoms with Gasteiger partial charge in [0.25, 0.3) is 0 Å². The van der Waals surface area contributed by atoms with Gasteiger partial charge in [-0.05, 0) is 32.1 Å². The number of hydrogen-bond donors (Lipinski definition) is 1. The Balaban J connectivity index is 3.53. The molecule has 4 nitrogen and oxygen atoms in total. The average Bonchev–Trinajstić information content (AvgIpc) is 2.66. The molecule has 0 fully saturated rings. The number of rotatable bonds is 21. The standard InChI is InChI=1S/C25H52NO3P/c1-6-8-9-10-11-12-13-14-15-16-17-18-19-20-21-22-23-24-29-30(27,28)25(7-2)26(3,4)5/h19-20,25H,6-18,21-24H2,1-5H3/p+1/b20-19-. The summed E-state index contributed by atoms with van der Waals surface area (Å²) < 4.78 is 18.3. The molecule has 5 heteroatoms. The lowest BCUT2D eigenvalue weighted by molar-refractivity contribution is -0.883. The van der Waals surface area contributed by atoms with Gasteiger partial charge < -0.3 is 13.9 Å². The first kappa shape index (κ1) is 29.9. The minimum atomic E-state index is -3.56. The van der Waals surface area contributed by atoms with Crippen molar-refractivity contribution < 1.29 is 18.5 Å². The van der Waals surface area contributed by atoms with Crippen LogP contribution in [0.5, 0.6) is 0 Å². The number of nitrogens with zero attached hydrogens (tertiary/aromatic N) is 1. The van der Waals surface area contributed by atoms with E-state index in [0.717, 1.165) is 19.3 Å². The lowest BCUT2D eigenvalue weighted by atomic mass is 10.1. The van der Waals surface area contributed by atoms with Crippen LogP contribution in [0.4, 0.5) is 0 Å². The van der Waals surface area contributed by atoms with Crippen LogP contribution in [0.15, 0.2) is 12.2 Å². The maximum atomic E-state index is 12.5. The predicted molar refractivity (Wildman–Crippen MR) is 132 cm³/mol. The highest BCUT2D eigenvalue weighted by molar-refractivity contribution is 7.53. The van der Waals surface area contributed by atoms with Crippen molar-refractivity contribution in [2.45, 2.75) is 122 Å². The average molecular weight is 447 g/mol. The summed E-state index contributed by atoms with van der Waals surface area (Å²) in [6.07, 6.45) is 24.6. The third-order valence-electron chi connectivity index (χ3n) is 5.82. The van der Waals surface area contributed by atoms with Gasteiger partial charge in [0.2, 0.25) is 0 Å². The molecule has 2 unspecified atom stereocenters. The van der Waals surface area contributed by atoms with E-state index >= 15 is 0 Å². The molecule has 2 atom stereocenters. The Morgan fingerprint density at radius 2 is 1.20 bits per heavy atom. The summed E-state index contributed by atoms with van der Waals surface area (Å²) >= 11 is 0. The normalized spacial score (nSPS) is 15.5. The first-order valence-corrected chi connectivity index (χ1v) is 14.3. The molecule has 0 bridgehead atoms. The summed E-state index contributed by atoms with van der Waals surface area (Å²) in [5, 5.41) is 0. The topological polar surface area (TPSA) is 46.5 Å². The highest BCUT2D eigenvalue weighted by Crippen LogP contribution is 2.51. The van der Waals surface area contributed by atoms with Gasteiger partial charge in [0, 0.05) is 6.42 Å². The van der Waals surface area contributed by atoms with Crippen molar-refractivity contribution in [2.75, 3.05) is 27.7 Å². The molecule has 0 rings (SSSR count). The summed E-state index contributed by atoms with van der Waals surface area (Å²) in [6, 6.07) is 0. The molecule has 0 aliphatic carbocycles. The van der Waals surface area contributed by atoms with Crippen molar-refractivity contribution in [3.8, 4) is 0 Å². The monoisotopic (exact) mass is 446 g/mol. The third kappa shape index (κ3) is 16.5. The summed E-state index contributed by atoms with van der Waals surface area (Å²) in [6.45, 7) is 4.59.